The number of likely N-dealkylation sites (tertiary alicyclic amines) is 1. The molecule has 7 nitrogen and oxygen atoms in total. The highest BCUT2D eigenvalue weighted by Crippen LogP contribution is 2.36. The first-order chi connectivity index (χ1) is 17.6. The molecule has 1 amide bonds. The van der Waals surface area contributed by atoms with Crippen molar-refractivity contribution in [3.63, 3.8) is 0 Å². The molecule has 1 fully saturated rings. The van der Waals surface area contributed by atoms with Gasteiger partial charge in [0.15, 0.2) is 5.69 Å². The van der Waals surface area contributed by atoms with Crippen molar-refractivity contribution in [2.24, 2.45) is 7.05 Å². The van der Waals surface area contributed by atoms with Crippen LogP contribution in [0.15, 0.2) is 54.7 Å². The molecule has 0 unspecified atom stereocenters. The van der Waals surface area contributed by atoms with E-state index in [9.17, 15) is 18.0 Å². The number of carbonyl (C=O) groups is 1. The fourth-order valence-electron chi connectivity index (χ4n) is 4.60. The van der Waals surface area contributed by atoms with Crippen LogP contribution in [-0.4, -0.2) is 51.8 Å². The van der Waals surface area contributed by atoms with Crippen molar-refractivity contribution in [1.29, 1.82) is 0 Å². The van der Waals surface area contributed by atoms with Crippen molar-refractivity contribution in [2.75, 3.05) is 20.1 Å². The van der Waals surface area contributed by atoms with Gasteiger partial charge in [0.1, 0.15) is 11.5 Å². The quantitative estimate of drug-likeness (QED) is 0.394. The maximum Gasteiger partial charge on any atom is 0.435 e. The summed E-state index contributed by atoms with van der Waals surface area (Å²) in [6.07, 6.45) is -2.25. The number of benzene rings is 2. The maximum atomic E-state index is 13.3. The van der Waals surface area contributed by atoms with Crippen LogP contribution in [0.5, 0.6) is 11.5 Å². The monoisotopic (exact) mass is 509 g/mol. The molecule has 0 aliphatic carbocycles. The minimum absolute atomic E-state index is 0.0123. The lowest BCUT2D eigenvalue weighted by Gasteiger charge is -2.36. The molecule has 0 radical (unpaired) electrons. The summed E-state index contributed by atoms with van der Waals surface area (Å²) in [6.45, 7) is 3.69. The number of nitrogens with one attached hydrogen (secondary N) is 1. The Bertz CT molecular complexity index is 1470. The lowest BCUT2D eigenvalue weighted by atomic mass is 9.98. The van der Waals surface area contributed by atoms with Crippen molar-refractivity contribution >= 4 is 16.8 Å². The lowest BCUT2D eigenvalue weighted by Crippen LogP contribution is -2.57. The van der Waals surface area contributed by atoms with Gasteiger partial charge in [-0.3, -0.25) is 14.5 Å². The zero-order valence-electron chi connectivity index (χ0n) is 20.6. The SMILES string of the molecule is CCc1cc(-c2cc(Oc3ccc4c(C(F)(F)F)nn(C)c4c3)ccn2)ccc1C(=O)NC1CN(C)C1. The second-order valence-corrected chi connectivity index (χ2v) is 9.24. The van der Waals surface area contributed by atoms with Gasteiger partial charge >= 0.3 is 6.18 Å². The van der Waals surface area contributed by atoms with Crippen LogP contribution in [0.25, 0.3) is 22.2 Å². The Balaban J connectivity index is 1.37. The minimum Gasteiger partial charge on any atom is -0.457 e. The van der Waals surface area contributed by atoms with Crippen molar-refractivity contribution in [3.8, 4) is 22.8 Å². The first-order valence-electron chi connectivity index (χ1n) is 11.9. The number of alkyl halides is 3. The first-order valence-corrected chi connectivity index (χ1v) is 11.9. The Labute approximate surface area is 211 Å². The molecule has 1 aliphatic heterocycles. The van der Waals surface area contributed by atoms with Gasteiger partial charge in [-0.1, -0.05) is 13.0 Å². The van der Waals surface area contributed by atoms with E-state index in [1.165, 1.54) is 29.9 Å². The molecule has 0 bridgehead atoms. The number of halogens is 3. The third-order valence-corrected chi connectivity index (χ3v) is 6.48. The Kier molecular flexibility index (Phi) is 6.36. The molecule has 1 saturated heterocycles. The fraction of sp³-hybridized carbons (Fsp3) is 0.296. The standard InChI is InChI=1S/C27H26F3N5O2/c1-4-16-11-17(5-7-21(16)26(36)32-18-14-34(2)15-18)23-12-20(9-10-31-23)37-19-6-8-22-24(13-19)35(3)33-25(22)27(28,29)30/h5-13,18H,4,14-15H2,1-3H3,(H,32,36). The van der Waals surface area contributed by atoms with E-state index in [4.69, 9.17) is 4.74 Å². The number of hydrogen-bond acceptors (Lipinski definition) is 5. The zero-order chi connectivity index (χ0) is 26.3. The van der Waals surface area contributed by atoms with Crippen molar-refractivity contribution in [2.45, 2.75) is 25.6 Å². The summed E-state index contributed by atoms with van der Waals surface area (Å²) in [5, 5.41) is 6.71. The van der Waals surface area contributed by atoms with Crippen molar-refractivity contribution < 1.29 is 22.7 Å². The summed E-state index contributed by atoms with van der Waals surface area (Å²) < 4.78 is 46.9. The molecule has 0 spiro atoms. The largest absolute Gasteiger partial charge is 0.457 e. The molecule has 10 heteroatoms. The van der Waals surface area contributed by atoms with Crippen LogP contribution in [-0.2, 0) is 19.6 Å². The third-order valence-electron chi connectivity index (χ3n) is 6.48. The Morgan fingerprint density at radius 1 is 1.08 bits per heavy atom. The number of aryl methyl sites for hydroxylation is 2. The second-order valence-electron chi connectivity index (χ2n) is 9.24. The average molecular weight is 510 g/mol. The number of fused-ring (bicyclic) bond motifs is 1. The molecular formula is C27H26F3N5O2. The van der Waals surface area contributed by atoms with Crippen LogP contribution in [0, 0.1) is 0 Å². The summed E-state index contributed by atoms with van der Waals surface area (Å²) in [4.78, 5) is 19.4. The number of nitrogens with zero attached hydrogens (tertiary/aromatic N) is 4. The van der Waals surface area contributed by atoms with Crippen LogP contribution >= 0.6 is 0 Å². The van der Waals surface area contributed by atoms with Crippen LogP contribution in [0.3, 0.4) is 0 Å². The predicted octanol–water partition coefficient (Wildman–Crippen LogP) is 5.05. The van der Waals surface area contributed by atoms with E-state index in [1.54, 1.807) is 18.3 Å². The summed E-state index contributed by atoms with van der Waals surface area (Å²) in [5.41, 5.74) is 2.44. The van der Waals surface area contributed by atoms with Crippen LogP contribution < -0.4 is 10.1 Å². The van der Waals surface area contributed by atoms with Gasteiger partial charge in [-0.05, 0) is 49.4 Å². The van der Waals surface area contributed by atoms with E-state index in [1.807, 2.05) is 32.2 Å². The summed E-state index contributed by atoms with van der Waals surface area (Å²) >= 11 is 0. The van der Waals surface area contributed by atoms with Crippen LogP contribution in [0.1, 0.15) is 28.5 Å². The molecule has 192 valence electrons. The second kappa shape index (κ2) is 9.51. The first kappa shape index (κ1) is 24.8. The average Bonchev–Trinajstić information content (AvgIpc) is 3.19. The molecule has 0 atom stereocenters. The van der Waals surface area contributed by atoms with E-state index in [2.05, 4.69) is 20.3 Å². The highest BCUT2D eigenvalue weighted by Gasteiger charge is 2.36. The number of carbonyl (C=O) groups excluding carboxylic acids is 1. The fourth-order valence-corrected chi connectivity index (χ4v) is 4.60. The number of amides is 1. The van der Waals surface area contributed by atoms with E-state index in [0.717, 1.165) is 24.2 Å². The molecule has 37 heavy (non-hydrogen) atoms. The van der Waals surface area contributed by atoms with E-state index in [-0.39, 0.29) is 17.3 Å². The number of ether oxygens (including phenoxy) is 1. The predicted molar refractivity (Wildman–Crippen MR) is 134 cm³/mol. The van der Waals surface area contributed by atoms with Crippen LogP contribution in [0.4, 0.5) is 13.2 Å². The summed E-state index contributed by atoms with van der Waals surface area (Å²) in [7, 11) is 3.48. The zero-order valence-corrected chi connectivity index (χ0v) is 20.6. The normalized spacial score (nSPS) is 14.5. The molecule has 5 rings (SSSR count). The number of likely N-dealkylation sites (N-methyl/N-ethyl adjacent to an activating group) is 1. The lowest BCUT2D eigenvalue weighted by molar-refractivity contribution is -0.140. The highest BCUT2D eigenvalue weighted by molar-refractivity contribution is 5.96. The van der Waals surface area contributed by atoms with E-state index in [0.29, 0.717) is 34.7 Å². The molecule has 2 aromatic heterocycles. The maximum absolute atomic E-state index is 13.3. The number of rotatable bonds is 6. The molecule has 4 aromatic rings. The van der Waals surface area contributed by atoms with Gasteiger partial charge in [0.05, 0.1) is 17.3 Å². The Morgan fingerprint density at radius 3 is 2.54 bits per heavy atom. The molecule has 1 N–H and O–H groups in total. The van der Waals surface area contributed by atoms with Gasteiger partial charge in [0, 0.05) is 55.0 Å². The number of pyridine rings is 1. The van der Waals surface area contributed by atoms with E-state index < -0.39 is 11.9 Å². The van der Waals surface area contributed by atoms with Crippen molar-refractivity contribution in [3.05, 3.63) is 71.5 Å². The Hall–Kier alpha value is -3.92. The molecule has 0 saturated carbocycles. The van der Waals surface area contributed by atoms with Gasteiger partial charge in [-0.25, -0.2) is 0 Å². The smallest absolute Gasteiger partial charge is 0.435 e. The van der Waals surface area contributed by atoms with Gasteiger partial charge in [0.25, 0.3) is 5.91 Å². The third kappa shape index (κ3) is 5.01. The van der Waals surface area contributed by atoms with Crippen LogP contribution in [0.2, 0.25) is 0 Å². The van der Waals surface area contributed by atoms with Gasteiger partial charge in [-0.2, -0.15) is 18.3 Å². The highest BCUT2D eigenvalue weighted by atomic mass is 19.4. The van der Waals surface area contributed by atoms with Crippen molar-refractivity contribution in [1.82, 2.24) is 25.0 Å². The van der Waals surface area contributed by atoms with Gasteiger partial charge in [0.2, 0.25) is 0 Å². The summed E-state index contributed by atoms with van der Waals surface area (Å²) in [6, 6.07) is 13.6. The molecular weight excluding hydrogens is 483 g/mol. The van der Waals surface area contributed by atoms with Gasteiger partial charge in [-0.15, -0.1) is 0 Å². The summed E-state index contributed by atoms with van der Waals surface area (Å²) in [5.74, 6) is 0.784. The number of hydrogen-bond donors (Lipinski definition) is 1. The van der Waals surface area contributed by atoms with E-state index >= 15 is 0 Å². The topological polar surface area (TPSA) is 72.3 Å². The molecule has 3 heterocycles. The molecule has 2 aromatic carbocycles. The van der Waals surface area contributed by atoms with Gasteiger partial charge < -0.3 is 15.0 Å². The Morgan fingerprint density at radius 2 is 1.84 bits per heavy atom. The minimum atomic E-state index is -4.54. The number of aromatic nitrogens is 3. The molecule has 1 aliphatic rings.